The molecule has 0 bridgehead atoms. The van der Waals surface area contributed by atoms with Crippen molar-refractivity contribution >= 4 is 5.82 Å². The van der Waals surface area contributed by atoms with E-state index in [1.54, 1.807) is 6.20 Å². The van der Waals surface area contributed by atoms with E-state index in [0.29, 0.717) is 0 Å². The van der Waals surface area contributed by atoms with Crippen molar-refractivity contribution in [3.63, 3.8) is 0 Å². The van der Waals surface area contributed by atoms with Crippen LogP contribution in [0.1, 0.15) is 26.7 Å². The summed E-state index contributed by atoms with van der Waals surface area (Å²) in [5, 5.41) is 11.0. The molecule has 0 aliphatic carbocycles. The quantitative estimate of drug-likeness (QED) is 0.753. The lowest BCUT2D eigenvalue weighted by atomic mass is 10.0. The molecule has 0 saturated carbocycles. The van der Waals surface area contributed by atoms with Crippen molar-refractivity contribution in [1.29, 1.82) is 0 Å². The topological polar surface area (TPSA) is 37.8 Å². The van der Waals surface area contributed by atoms with Crippen LogP contribution in [0.5, 0.6) is 0 Å². The number of aromatic nitrogens is 2. The highest BCUT2D eigenvalue weighted by Crippen LogP contribution is 2.08. The Balaban J connectivity index is 2.34. The molecular formula is C10H17N3. The number of anilines is 1. The molecule has 0 aromatic carbocycles. The van der Waals surface area contributed by atoms with Crippen molar-refractivity contribution in [2.45, 2.75) is 26.7 Å². The Bertz CT molecular complexity index is 219. The Labute approximate surface area is 79.6 Å². The predicted molar refractivity (Wildman–Crippen MR) is 54.6 cm³/mol. The molecule has 0 amide bonds. The summed E-state index contributed by atoms with van der Waals surface area (Å²) < 4.78 is 0. The average molecular weight is 179 g/mol. The predicted octanol–water partition coefficient (Wildman–Crippen LogP) is 2.32. The highest BCUT2D eigenvalue weighted by Gasteiger charge is 2.02. The molecule has 0 atom stereocenters. The van der Waals surface area contributed by atoms with Gasteiger partial charge >= 0.3 is 0 Å². The summed E-state index contributed by atoms with van der Waals surface area (Å²) in [5.41, 5.74) is 0. The molecule has 1 aromatic rings. The first kappa shape index (κ1) is 9.96. The molecule has 72 valence electrons. The number of nitrogens with one attached hydrogen (secondary N) is 1. The first-order valence-electron chi connectivity index (χ1n) is 4.88. The van der Waals surface area contributed by atoms with Gasteiger partial charge in [0.1, 0.15) is 5.82 Å². The third-order valence-electron chi connectivity index (χ3n) is 2.30. The lowest BCUT2D eigenvalue weighted by Crippen LogP contribution is -2.13. The fraction of sp³-hybridized carbons (Fsp3) is 0.600. The van der Waals surface area contributed by atoms with Gasteiger partial charge in [0.25, 0.3) is 0 Å². The fourth-order valence-corrected chi connectivity index (χ4v) is 1.22. The zero-order chi connectivity index (χ0) is 9.52. The molecule has 3 nitrogen and oxygen atoms in total. The molecule has 1 heterocycles. The summed E-state index contributed by atoms with van der Waals surface area (Å²) >= 11 is 0. The smallest absolute Gasteiger partial charge is 0.148 e. The van der Waals surface area contributed by atoms with Crippen LogP contribution in [0.3, 0.4) is 0 Å². The lowest BCUT2D eigenvalue weighted by Gasteiger charge is -2.12. The standard InChI is InChI=1S/C10H17N3/c1-3-9(4-2)8-11-10-6-5-7-12-13-10/h5-7,9H,3-4,8H2,1-2H3,(H,11,13). The number of nitrogens with zero attached hydrogens (tertiary/aromatic N) is 2. The molecule has 0 spiro atoms. The Hall–Kier alpha value is -1.12. The highest BCUT2D eigenvalue weighted by atomic mass is 15.2. The van der Waals surface area contributed by atoms with Gasteiger partial charge in [-0.3, -0.25) is 0 Å². The summed E-state index contributed by atoms with van der Waals surface area (Å²) in [6.07, 6.45) is 4.11. The summed E-state index contributed by atoms with van der Waals surface area (Å²) in [4.78, 5) is 0. The van der Waals surface area contributed by atoms with Gasteiger partial charge in [-0.15, -0.1) is 5.10 Å². The molecule has 0 fully saturated rings. The maximum absolute atomic E-state index is 3.96. The van der Waals surface area contributed by atoms with E-state index >= 15 is 0 Å². The minimum Gasteiger partial charge on any atom is -0.368 e. The Morgan fingerprint density at radius 1 is 1.38 bits per heavy atom. The van der Waals surface area contributed by atoms with Crippen molar-refractivity contribution in [3.8, 4) is 0 Å². The van der Waals surface area contributed by atoms with Gasteiger partial charge in [0.2, 0.25) is 0 Å². The van der Waals surface area contributed by atoms with Crippen molar-refractivity contribution in [3.05, 3.63) is 18.3 Å². The molecule has 0 aliphatic heterocycles. The van der Waals surface area contributed by atoms with Gasteiger partial charge in [-0.25, -0.2) is 0 Å². The maximum Gasteiger partial charge on any atom is 0.148 e. The summed E-state index contributed by atoms with van der Waals surface area (Å²) in [6.45, 7) is 5.42. The minimum absolute atomic E-state index is 0.738. The van der Waals surface area contributed by atoms with Crippen LogP contribution in [0.4, 0.5) is 5.82 Å². The second-order valence-corrected chi connectivity index (χ2v) is 3.17. The lowest BCUT2D eigenvalue weighted by molar-refractivity contribution is 0.518. The van der Waals surface area contributed by atoms with Gasteiger partial charge in [-0.1, -0.05) is 26.7 Å². The van der Waals surface area contributed by atoms with Crippen LogP contribution in [-0.4, -0.2) is 16.7 Å². The number of rotatable bonds is 5. The minimum atomic E-state index is 0.738. The van der Waals surface area contributed by atoms with E-state index in [2.05, 4.69) is 29.4 Å². The molecule has 0 unspecified atom stereocenters. The first-order valence-corrected chi connectivity index (χ1v) is 4.88. The van der Waals surface area contributed by atoms with Crippen molar-refractivity contribution in [2.75, 3.05) is 11.9 Å². The third kappa shape index (κ3) is 3.40. The molecule has 3 heteroatoms. The van der Waals surface area contributed by atoms with Crippen molar-refractivity contribution in [1.82, 2.24) is 10.2 Å². The fourth-order valence-electron chi connectivity index (χ4n) is 1.22. The zero-order valence-electron chi connectivity index (χ0n) is 8.33. The van der Waals surface area contributed by atoms with E-state index in [1.165, 1.54) is 12.8 Å². The molecular weight excluding hydrogens is 162 g/mol. The van der Waals surface area contributed by atoms with Gasteiger partial charge in [-0.2, -0.15) is 5.10 Å². The molecule has 0 radical (unpaired) electrons. The van der Waals surface area contributed by atoms with Crippen LogP contribution < -0.4 is 5.32 Å². The van der Waals surface area contributed by atoms with Crippen LogP contribution in [-0.2, 0) is 0 Å². The van der Waals surface area contributed by atoms with E-state index < -0.39 is 0 Å². The Kier molecular flexibility index (Phi) is 4.23. The monoisotopic (exact) mass is 179 g/mol. The van der Waals surface area contributed by atoms with E-state index in [-0.39, 0.29) is 0 Å². The molecule has 1 aromatic heterocycles. The third-order valence-corrected chi connectivity index (χ3v) is 2.30. The van der Waals surface area contributed by atoms with E-state index in [9.17, 15) is 0 Å². The molecule has 0 aliphatic rings. The largest absolute Gasteiger partial charge is 0.368 e. The summed E-state index contributed by atoms with van der Waals surface area (Å²) in [7, 11) is 0. The SMILES string of the molecule is CCC(CC)CNc1cccnn1. The van der Waals surface area contributed by atoms with Gasteiger partial charge in [0, 0.05) is 12.7 Å². The van der Waals surface area contributed by atoms with Crippen LogP contribution in [0.25, 0.3) is 0 Å². The van der Waals surface area contributed by atoms with Crippen LogP contribution in [0.2, 0.25) is 0 Å². The zero-order valence-corrected chi connectivity index (χ0v) is 8.33. The number of hydrogen-bond acceptors (Lipinski definition) is 3. The van der Waals surface area contributed by atoms with Gasteiger partial charge < -0.3 is 5.32 Å². The first-order chi connectivity index (χ1) is 6.36. The second kappa shape index (κ2) is 5.51. The van der Waals surface area contributed by atoms with E-state index in [4.69, 9.17) is 0 Å². The van der Waals surface area contributed by atoms with Gasteiger partial charge in [0.05, 0.1) is 0 Å². The van der Waals surface area contributed by atoms with Crippen molar-refractivity contribution < 1.29 is 0 Å². The Morgan fingerprint density at radius 2 is 2.15 bits per heavy atom. The van der Waals surface area contributed by atoms with Gasteiger partial charge in [0.15, 0.2) is 0 Å². The maximum atomic E-state index is 3.96. The van der Waals surface area contributed by atoms with E-state index in [0.717, 1.165) is 18.3 Å². The molecule has 0 saturated heterocycles. The van der Waals surface area contributed by atoms with E-state index in [1.807, 2.05) is 12.1 Å². The summed E-state index contributed by atoms with van der Waals surface area (Å²) in [5.74, 6) is 1.61. The highest BCUT2D eigenvalue weighted by molar-refractivity contribution is 5.31. The van der Waals surface area contributed by atoms with Gasteiger partial charge in [-0.05, 0) is 18.1 Å². The second-order valence-electron chi connectivity index (χ2n) is 3.17. The Morgan fingerprint density at radius 3 is 2.69 bits per heavy atom. The van der Waals surface area contributed by atoms with Crippen LogP contribution in [0, 0.1) is 5.92 Å². The summed E-state index contributed by atoms with van der Waals surface area (Å²) in [6, 6.07) is 3.83. The molecule has 13 heavy (non-hydrogen) atoms. The van der Waals surface area contributed by atoms with Crippen molar-refractivity contribution in [2.24, 2.45) is 5.92 Å². The molecule has 1 rings (SSSR count). The average Bonchev–Trinajstić information content (AvgIpc) is 2.21. The van der Waals surface area contributed by atoms with Crippen LogP contribution >= 0.6 is 0 Å². The molecule has 1 N–H and O–H groups in total. The normalized spacial score (nSPS) is 10.4. The van der Waals surface area contributed by atoms with Crippen LogP contribution in [0.15, 0.2) is 18.3 Å². The number of hydrogen-bond donors (Lipinski definition) is 1.